The molecule has 4 rings (SSSR count). The molecular formula is C24H26NO4+. The average Bonchev–Trinajstić information content (AvgIpc) is 3.23. The van der Waals surface area contributed by atoms with Gasteiger partial charge in [0.15, 0.2) is 11.5 Å². The Morgan fingerprint density at radius 2 is 1.52 bits per heavy atom. The van der Waals surface area contributed by atoms with E-state index in [1.807, 2.05) is 54.6 Å². The first kappa shape index (κ1) is 19.5. The Kier molecular flexibility index (Phi) is 6.42. The minimum absolute atomic E-state index is 0.194. The largest absolute Gasteiger partial charge is 0.454 e. The zero-order valence-corrected chi connectivity index (χ0v) is 16.2. The molecule has 0 spiro atoms. The fourth-order valence-corrected chi connectivity index (χ4v) is 3.43. The first-order chi connectivity index (χ1) is 14.3. The Morgan fingerprint density at radius 3 is 2.21 bits per heavy atom. The molecule has 0 unspecified atom stereocenters. The number of benzene rings is 3. The van der Waals surface area contributed by atoms with E-state index < -0.39 is 6.10 Å². The highest BCUT2D eigenvalue weighted by molar-refractivity contribution is 5.44. The van der Waals surface area contributed by atoms with Crippen LogP contribution >= 0.6 is 0 Å². The number of rotatable bonds is 9. The van der Waals surface area contributed by atoms with Crippen molar-refractivity contribution in [1.82, 2.24) is 0 Å². The van der Waals surface area contributed by atoms with Crippen LogP contribution in [0.15, 0.2) is 78.9 Å². The Morgan fingerprint density at radius 1 is 0.862 bits per heavy atom. The highest BCUT2D eigenvalue weighted by Crippen LogP contribution is 2.32. The van der Waals surface area contributed by atoms with Crippen LogP contribution in [0.3, 0.4) is 0 Å². The van der Waals surface area contributed by atoms with Gasteiger partial charge in [0.1, 0.15) is 25.3 Å². The quantitative estimate of drug-likeness (QED) is 0.588. The van der Waals surface area contributed by atoms with E-state index in [0.717, 1.165) is 34.7 Å². The van der Waals surface area contributed by atoms with E-state index in [2.05, 4.69) is 29.6 Å². The van der Waals surface area contributed by atoms with Gasteiger partial charge in [-0.05, 0) is 29.3 Å². The molecule has 1 aliphatic rings. The maximum Gasteiger partial charge on any atom is 0.231 e. The Balaban J connectivity index is 1.29. The number of ether oxygens (including phenoxy) is 3. The lowest BCUT2D eigenvalue weighted by Gasteiger charge is -2.20. The number of aliphatic hydroxyl groups is 1. The number of aliphatic hydroxyl groups excluding tert-OH is 1. The lowest BCUT2D eigenvalue weighted by molar-refractivity contribution is -0.676. The molecule has 0 aliphatic carbocycles. The summed E-state index contributed by atoms with van der Waals surface area (Å²) in [4.78, 5) is 0. The third-order valence-electron chi connectivity index (χ3n) is 4.92. The van der Waals surface area contributed by atoms with Crippen molar-refractivity contribution in [3.63, 3.8) is 0 Å². The highest BCUT2D eigenvalue weighted by atomic mass is 16.7. The van der Waals surface area contributed by atoms with E-state index in [0.29, 0.717) is 6.54 Å². The Hall–Kier alpha value is -2.86. The first-order valence-corrected chi connectivity index (χ1v) is 9.89. The third kappa shape index (κ3) is 5.15. The smallest absolute Gasteiger partial charge is 0.231 e. The lowest BCUT2D eigenvalue weighted by Crippen LogP contribution is -2.85. The fourth-order valence-electron chi connectivity index (χ4n) is 3.43. The average molecular weight is 392 g/mol. The van der Waals surface area contributed by atoms with Gasteiger partial charge in [-0.2, -0.15) is 0 Å². The molecule has 0 amide bonds. The Labute approximate surface area is 170 Å². The van der Waals surface area contributed by atoms with E-state index in [9.17, 15) is 5.11 Å². The molecule has 150 valence electrons. The molecule has 0 fully saturated rings. The molecule has 0 aromatic heterocycles. The topological polar surface area (TPSA) is 64.5 Å². The second kappa shape index (κ2) is 9.56. The van der Waals surface area contributed by atoms with E-state index in [-0.39, 0.29) is 19.5 Å². The number of hydrogen-bond donors (Lipinski definition) is 2. The number of nitrogens with two attached hydrogens (primary N) is 1. The van der Waals surface area contributed by atoms with E-state index >= 15 is 0 Å². The summed E-state index contributed by atoms with van der Waals surface area (Å²) in [6, 6.07) is 26.1. The van der Waals surface area contributed by atoms with Crippen molar-refractivity contribution in [1.29, 1.82) is 0 Å². The van der Waals surface area contributed by atoms with Gasteiger partial charge in [0.2, 0.25) is 6.79 Å². The maximum atomic E-state index is 10.4. The van der Waals surface area contributed by atoms with Crippen molar-refractivity contribution in [3.8, 4) is 11.5 Å². The van der Waals surface area contributed by atoms with Gasteiger partial charge in [-0.15, -0.1) is 0 Å². The molecule has 1 atom stereocenters. The molecule has 5 nitrogen and oxygen atoms in total. The standard InChI is InChI=1S/C24H25NO4/c26-21(15-25-14-18-11-12-22-23(13-18)29-17-28-22)16-27-24(19-7-3-1-4-8-19)20-9-5-2-6-10-20/h1-13,21,24-26H,14-17H2/p+1/t21-/m0/s1. The van der Waals surface area contributed by atoms with E-state index in [1.165, 1.54) is 0 Å². The molecule has 0 saturated carbocycles. The molecule has 0 saturated heterocycles. The van der Waals surface area contributed by atoms with Crippen LogP contribution in [0.5, 0.6) is 11.5 Å². The molecule has 1 heterocycles. The lowest BCUT2D eigenvalue weighted by atomic mass is 10.0. The summed E-state index contributed by atoms with van der Waals surface area (Å²) in [7, 11) is 0. The van der Waals surface area contributed by atoms with Crippen molar-refractivity contribution in [2.24, 2.45) is 0 Å². The van der Waals surface area contributed by atoms with E-state index in [1.54, 1.807) is 0 Å². The maximum absolute atomic E-state index is 10.4. The molecule has 3 N–H and O–H groups in total. The van der Waals surface area contributed by atoms with Gasteiger partial charge in [-0.25, -0.2) is 0 Å². The van der Waals surface area contributed by atoms with Crippen molar-refractivity contribution < 1.29 is 24.6 Å². The summed E-state index contributed by atoms with van der Waals surface area (Å²) < 4.78 is 16.9. The second-order valence-corrected chi connectivity index (χ2v) is 7.10. The number of quaternary nitrogens is 1. The third-order valence-corrected chi connectivity index (χ3v) is 4.92. The van der Waals surface area contributed by atoms with Gasteiger partial charge in [-0.1, -0.05) is 60.7 Å². The van der Waals surface area contributed by atoms with Gasteiger partial charge in [0.05, 0.1) is 6.61 Å². The van der Waals surface area contributed by atoms with Crippen LogP contribution in [0.4, 0.5) is 0 Å². The van der Waals surface area contributed by atoms with Crippen molar-refractivity contribution in [3.05, 3.63) is 95.6 Å². The van der Waals surface area contributed by atoms with Crippen LogP contribution in [0.25, 0.3) is 0 Å². The van der Waals surface area contributed by atoms with Crippen LogP contribution in [0, 0.1) is 0 Å². The van der Waals surface area contributed by atoms with Crippen LogP contribution in [0.2, 0.25) is 0 Å². The molecule has 0 bridgehead atoms. The van der Waals surface area contributed by atoms with Gasteiger partial charge >= 0.3 is 0 Å². The predicted molar refractivity (Wildman–Crippen MR) is 110 cm³/mol. The molecule has 0 radical (unpaired) electrons. The van der Waals surface area contributed by atoms with Crippen molar-refractivity contribution in [2.75, 3.05) is 19.9 Å². The number of fused-ring (bicyclic) bond motifs is 1. The highest BCUT2D eigenvalue weighted by Gasteiger charge is 2.18. The molecule has 3 aromatic carbocycles. The summed E-state index contributed by atoms with van der Waals surface area (Å²) in [6.07, 6.45) is -0.750. The predicted octanol–water partition coefficient (Wildman–Crippen LogP) is 2.65. The summed E-state index contributed by atoms with van der Waals surface area (Å²) in [5.41, 5.74) is 3.29. The molecule has 5 heteroatoms. The normalized spacial score (nSPS) is 13.6. The molecule has 29 heavy (non-hydrogen) atoms. The van der Waals surface area contributed by atoms with Gasteiger partial charge in [0.25, 0.3) is 0 Å². The zero-order valence-electron chi connectivity index (χ0n) is 16.2. The van der Waals surface area contributed by atoms with Gasteiger partial charge < -0.3 is 24.6 Å². The summed E-state index contributed by atoms with van der Waals surface area (Å²) in [6.45, 7) is 1.87. The van der Waals surface area contributed by atoms with Crippen LogP contribution in [-0.4, -0.2) is 31.2 Å². The minimum Gasteiger partial charge on any atom is -0.454 e. The molecular weight excluding hydrogens is 366 g/mol. The summed E-state index contributed by atoms with van der Waals surface area (Å²) in [5, 5.41) is 12.5. The van der Waals surface area contributed by atoms with Gasteiger partial charge in [-0.3, -0.25) is 0 Å². The number of hydrogen-bond acceptors (Lipinski definition) is 4. The SMILES string of the molecule is O[C@@H](C[NH2+]Cc1ccc2c(c1)OCO2)COC(c1ccccc1)c1ccccc1. The van der Waals surface area contributed by atoms with Gasteiger partial charge in [0, 0.05) is 5.56 Å². The monoisotopic (exact) mass is 392 g/mol. The summed E-state index contributed by atoms with van der Waals surface area (Å²) in [5.74, 6) is 1.57. The molecule has 3 aromatic rings. The van der Waals surface area contributed by atoms with Crippen LogP contribution in [-0.2, 0) is 11.3 Å². The van der Waals surface area contributed by atoms with Crippen molar-refractivity contribution >= 4 is 0 Å². The second-order valence-electron chi connectivity index (χ2n) is 7.10. The fraction of sp³-hybridized carbons (Fsp3) is 0.250. The molecule has 1 aliphatic heterocycles. The van der Waals surface area contributed by atoms with Crippen LogP contribution in [0.1, 0.15) is 22.8 Å². The minimum atomic E-state index is -0.557. The van der Waals surface area contributed by atoms with Crippen LogP contribution < -0.4 is 14.8 Å². The van der Waals surface area contributed by atoms with Crippen molar-refractivity contribution in [2.45, 2.75) is 18.8 Å². The van der Waals surface area contributed by atoms with E-state index in [4.69, 9.17) is 14.2 Å². The Bertz CT molecular complexity index is 862. The zero-order chi connectivity index (χ0) is 19.9. The summed E-state index contributed by atoms with van der Waals surface area (Å²) >= 11 is 0. The first-order valence-electron chi connectivity index (χ1n) is 9.89.